The number of benzene rings is 1. The Morgan fingerprint density at radius 3 is 2.78 bits per heavy atom. The van der Waals surface area contributed by atoms with Crippen molar-refractivity contribution in [3.63, 3.8) is 0 Å². The molecule has 0 fully saturated rings. The van der Waals surface area contributed by atoms with Crippen LogP contribution in [-0.4, -0.2) is 22.9 Å². The summed E-state index contributed by atoms with van der Waals surface area (Å²) in [5.41, 5.74) is 1.04. The van der Waals surface area contributed by atoms with Gasteiger partial charge >= 0.3 is 0 Å². The Morgan fingerprint density at radius 1 is 1.39 bits per heavy atom. The molecular formula is C15H22O3. The highest BCUT2D eigenvalue weighted by Gasteiger charge is 2.32. The van der Waals surface area contributed by atoms with Crippen LogP contribution >= 0.6 is 0 Å². The van der Waals surface area contributed by atoms with Crippen molar-refractivity contribution in [3.05, 3.63) is 23.8 Å². The molecule has 0 aromatic heterocycles. The van der Waals surface area contributed by atoms with Gasteiger partial charge < -0.3 is 14.6 Å². The van der Waals surface area contributed by atoms with Gasteiger partial charge in [0.05, 0.1) is 12.2 Å². The Morgan fingerprint density at radius 2 is 2.11 bits per heavy atom. The summed E-state index contributed by atoms with van der Waals surface area (Å²) in [6.07, 6.45) is 1.15. The fourth-order valence-corrected chi connectivity index (χ4v) is 2.43. The van der Waals surface area contributed by atoms with Gasteiger partial charge in [0.2, 0.25) is 0 Å². The minimum atomic E-state index is -0.353. The van der Waals surface area contributed by atoms with Crippen molar-refractivity contribution in [2.45, 2.75) is 58.3 Å². The average Bonchev–Trinajstić information content (AvgIpc) is 2.52. The third-order valence-electron chi connectivity index (χ3n) is 3.06. The summed E-state index contributed by atoms with van der Waals surface area (Å²) < 4.78 is 11.8. The van der Waals surface area contributed by atoms with Crippen molar-refractivity contribution in [2.75, 3.05) is 0 Å². The van der Waals surface area contributed by atoms with E-state index in [9.17, 15) is 5.11 Å². The van der Waals surface area contributed by atoms with E-state index < -0.39 is 0 Å². The van der Waals surface area contributed by atoms with Crippen LogP contribution in [0.25, 0.3) is 0 Å². The van der Waals surface area contributed by atoms with Gasteiger partial charge in [-0.2, -0.15) is 0 Å². The minimum absolute atomic E-state index is 0.0242. The molecule has 1 aromatic carbocycles. The average molecular weight is 250 g/mol. The predicted octanol–water partition coefficient (Wildman–Crippen LogP) is 2.94. The maximum Gasteiger partial charge on any atom is 0.165 e. The van der Waals surface area contributed by atoms with E-state index in [1.165, 1.54) is 5.56 Å². The smallest absolute Gasteiger partial charge is 0.165 e. The molecule has 0 amide bonds. The van der Waals surface area contributed by atoms with E-state index >= 15 is 0 Å². The largest absolute Gasteiger partial charge is 0.487 e. The second kappa shape index (κ2) is 4.81. The van der Waals surface area contributed by atoms with E-state index in [0.29, 0.717) is 6.42 Å². The van der Waals surface area contributed by atoms with Crippen LogP contribution in [0.15, 0.2) is 18.2 Å². The molecule has 1 aliphatic heterocycles. The van der Waals surface area contributed by atoms with Crippen LogP contribution in [0, 0.1) is 0 Å². The minimum Gasteiger partial charge on any atom is -0.487 e. The summed E-state index contributed by atoms with van der Waals surface area (Å²) in [4.78, 5) is 0. The Labute approximate surface area is 109 Å². The lowest BCUT2D eigenvalue weighted by Gasteiger charge is -2.20. The van der Waals surface area contributed by atoms with Crippen molar-refractivity contribution in [1.82, 2.24) is 0 Å². The number of para-hydroxylation sites is 1. The van der Waals surface area contributed by atoms with E-state index in [4.69, 9.17) is 9.47 Å². The molecule has 3 heteroatoms. The van der Waals surface area contributed by atoms with Gasteiger partial charge in [-0.05, 0) is 33.8 Å². The number of hydrogen-bond donors (Lipinski definition) is 1. The highest BCUT2D eigenvalue weighted by molar-refractivity contribution is 5.50. The summed E-state index contributed by atoms with van der Waals surface area (Å²) in [7, 11) is 0. The highest BCUT2D eigenvalue weighted by Crippen LogP contribution is 2.42. The molecule has 2 unspecified atom stereocenters. The van der Waals surface area contributed by atoms with Crippen LogP contribution in [0.1, 0.15) is 39.7 Å². The molecule has 1 aromatic rings. The molecule has 3 nitrogen and oxygen atoms in total. The summed E-state index contributed by atoms with van der Waals surface area (Å²) in [6, 6.07) is 6.00. The Kier molecular flexibility index (Phi) is 3.53. The van der Waals surface area contributed by atoms with Gasteiger partial charge in [-0.1, -0.05) is 12.1 Å². The topological polar surface area (TPSA) is 38.7 Å². The van der Waals surface area contributed by atoms with Crippen LogP contribution in [-0.2, 0) is 6.42 Å². The zero-order chi connectivity index (χ0) is 13.3. The summed E-state index contributed by atoms with van der Waals surface area (Å²) in [5, 5.41) is 9.37. The second-order valence-electron chi connectivity index (χ2n) is 5.80. The van der Waals surface area contributed by atoms with Crippen molar-refractivity contribution in [1.29, 1.82) is 0 Å². The molecule has 1 heterocycles. The predicted molar refractivity (Wildman–Crippen MR) is 71.2 cm³/mol. The zero-order valence-corrected chi connectivity index (χ0v) is 11.6. The normalized spacial score (nSPS) is 19.8. The van der Waals surface area contributed by atoms with Gasteiger partial charge in [0.1, 0.15) is 5.60 Å². The van der Waals surface area contributed by atoms with Crippen LogP contribution in [0.4, 0.5) is 0 Å². The van der Waals surface area contributed by atoms with Crippen molar-refractivity contribution < 1.29 is 14.6 Å². The molecular weight excluding hydrogens is 228 g/mol. The van der Waals surface area contributed by atoms with Gasteiger partial charge in [-0.3, -0.25) is 0 Å². The number of fused-ring (bicyclic) bond motifs is 1. The van der Waals surface area contributed by atoms with E-state index in [-0.39, 0.29) is 17.8 Å². The molecule has 1 aliphatic rings. The first-order chi connectivity index (χ1) is 8.37. The van der Waals surface area contributed by atoms with Crippen molar-refractivity contribution in [3.8, 4) is 11.5 Å². The molecule has 18 heavy (non-hydrogen) atoms. The monoisotopic (exact) mass is 250 g/mol. The van der Waals surface area contributed by atoms with Crippen molar-refractivity contribution in [2.24, 2.45) is 0 Å². The fourth-order valence-electron chi connectivity index (χ4n) is 2.43. The lowest BCUT2D eigenvalue weighted by molar-refractivity contribution is 0.102. The summed E-state index contributed by atoms with van der Waals surface area (Å²) >= 11 is 0. The third kappa shape index (κ3) is 2.96. The number of hydrogen-bond acceptors (Lipinski definition) is 3. The Balaban J connectivity index is 2.14. The molecule has 0 bridgehead atoms. The maximum atomic E-state index is 9.37. The number of rotatable bonds is 4. The quantitative estimate of drug-likeness (QED) is 0.893. The lowest BCUT2D eigenvalue weighted by Crippen LogP contribution is -2.25. The Hall–Kier alpha value is -1.22. The van der Waals surface area contributed by atoms with Gasteiger partial charge in [0.15, 0.2) is 11.5 Å². The Bertz CT molecular complexity index is 424. The molecule has 0 spiro atoms. The molecule has 0 saturated heterocycles. The van der Waals surface area contributed by atoms with Gasteiger partial charge in [0.25, 0.3) is 0 Å². The number of ether oxygens (including phenoxy) is 2. The van der Waals surface area contributed by atoms with Crippen LogP contribution in [0.2, 0.25) is 0 Å². The molecule has 0 saturated carbocycles. The fraction of sp³-hybridized carbons (Fsp3) is 0.600. The SMILES string of the molecule is CC(O)CC(C)Oc1cccc2c1OC(C)(C)C2. The van der Waals surface area contributed by atoms with E-state index in [1.807, 2.05) is 19.1 Å². The van der Waals surface area contributed by atoms with Crippen LogP contribution in [0.3, 0.4) is 0 Å². The first-order valence-corrected chi connectivity index (χ1v) is 6.53. The molecule has 100 valence electrons. The van der Waals surface area contributed by atoms with Gasteiger partial charge in [-0.25, -0.2) is 0 Å². The lowest BCUT2D eigenvalue weighted by atomic mass is 10.0. The van der Waals surface area contributed by atoms with E-state index in [1.54, 1.807) is 6.92 Å². The zero-order valence-electron chi connectivity index (χ0n) is 11.6. The summed E-state index contributed by atoms with van der Waals surface area (Å²) in [5.74, 6) is 1.64. The standard InChI is InChI=1S/C15H22O3/c1-10(16)8-11(2)17-13-7-5-6-12-9-15(3,4)18-14(12)13/h5-7,10-11,16H,8-9H2,1-4H3. The van der Waals surface area contributed by atoms with Crippen LogP contribution in [0.5, 0.6) is 11.5 Å². The number of aliphatic hydroxyl groups is 1. The molecule has 1 N–H and O–H groups in total. The molecule has 0 radical (unpaired) electrons. The molecule has 0 aliphatic carbocycles. The van der Waals surface area contributed by atoms with E-state index in [2.05, 4.69) is 19.9 Å². The molecule has 2 rings (SSSR count). The highest BCUT2D eigenvalue weighted by atomic mass is 16.5. The summed E-state index contributed by atoms with van der Waals surface area (Å²) in [6.45, 7) is 7.90. The second-order valence-corrected chi connectivity index (χ2v) is 5.80. The first-order valence-electron chi connectivity index (χ1n) is 6.53. The first kappa shape index (κ1) is 13.2. The van der Waals surface area contributed by atoms with Crippen LogP contribution < -0.4 is 9.47 Å². The third-order valence-corrected chi connectivity index (χ3v) is 3.06. The number of aliphatic hydroxyl groups excluding tert-OH is 1. The maximum absolute atomic E-state index is 9.37. The molecule has 2 atom stereocenters. The van der Waals surface area contributed by atoms with E-state index in [0.717, 1.165) is 17.9 Å². The van der Waals surface area contributed by atoms with Gasteiger partial charge in [0, 0.05) is 18.4 Å². The van der Waals surface area contributed by atoms with Crippen molar-refractivity contribution >= 4 is 0 Å². The van der Waals surface area contributed by atoms with Gasteiger partial charge in [-0.15, -0.1) is 0 Å².